The summed E-state index contributed by atoms with van der Waals surface area (Å²) in [6.45, 7) is 79.4. The van der Waals surface area contributed by atoms with E-state index < -0.39 is 47.1 Å². The van der Waals surface area contributed by atoms with Gasteiger partial charge in [0.2, 0.25) is 11.8 Å². The lowest BCUT2D eigenvalue weighted by atomic mass is 9.72. The number of hydrogen-bond donors (Lipinski definition) is 5. The zero-order valence-corrected chi connectivity index (χ0v) is 91.3. The minimum Gasteiger partial charge on any atom is -0.491 e. The number of azide groups is 1. The number of hydrogen-bond acceptors (Lipinski definition) is 20. The predicted molar refractivity (Wildman–Crippen MR) is 541 cm³/mol. The maximum absolute atomic E-state index is 13.1. The quantitative estimate of drug-likeness (QED) is 0.0101. The van der Waals surface area contributed by atoms with E-state index >= 15 is 0 Å². The van der Waals surface area contributed by atoms with Crippen LogP contribution in [0.25, 0.3) is 10.4 Å². The molecule has 4 atom stereocenters. The van der Waals surface area contributed by atoms with E-state index in [0.717, 1.165) is 63.7 Å². The number of amides is 4. The second-order valence-electron chi connectivity index (χ2n) is 47.6. The van der Waals surface area contributed by atoms with Crippen molar-refractivity contribution in [2.75, 3.05) is 45.3 Å². The number of rotatable bonds is 52. The van der Waals surface area contributed by atoms with E-state index in [1.54, 1.807) is 66.6 Å². The molecule has 24 nitrogen and oxygen atoms in total. The highest BCUT2D eigenvalue weighted by molar-refractivity contribution is 8.77. The van der Waals surface area contributed by atoms with Crippen LogP contribution in [-0.4, -0.2) is 156 Å². The molecule has 1 rings (SSSR count). The van der Waals surface area contributed by atoms with Gasteiger partial charge in [-0.25, -0.2) is 9.59 Å². The summed E-state index contributed by atoms with van der Waals surface area (Å²) in [6, 6.07) is 5.49. The Balaban J connectivity index is -0.000000844. The lowest BCUT2D eigenvalue weighted by Gasteiger charge is -2.31. The van der Waals surface area contributed by atoms with Crippen molar-refractivity contribution in [2.45, 2.75) is 464 Å². The Bertz CT molecular complexity index is 3520. The van der Waals surface area contributed by atoms with Gasteiger partial charge in [-0.3, -0.25) is 43.2 Å². The molecular weight excluding hydrogens is 1680 g/mol. The molecular formula is C104H192N8O16S2. The Morgan fingerprint density at radius 2 is 0.946 bits per heavy atom. The number of alkyl carbamates (subject to hydrolysis) is 2. The van der Waals surface area contributed by atoms with E-state index in [-0.39, 0.29) is 124 Å². The van der Waals surface area contributed by atoms with Gasteiger partial charge >= 0.3 is 12.2 Å². The third-order valence-corrected chi connectivity index (χ3v) is 23.2. The topological polar surface area (TPSA) is 343 Å². The molecule has 5 N–H and O–H groups in total. The van der Waals surface area contributed by atoms with Crippen molar-refractivity contribution in [2.24, 2.45) is 59.8 Å². The second-order valence-corrected chi connectivity index (χ2v) is 50.7. The SMILES string of the molecule is CC(=O)NC(CCCCCC(C)(C)C)C(=O)C(C)C.CC(C)(C)CC(=O)COCCOC(COc1cccc(C(=O)CCCNC(=O)C(CCCCCC(=O)C(C)(C)C)NC(=O)OC(C)(C)C)c1)N=[N+]=[N-].CC(C)(C)CCCCCC(C)(C)C(=O)C(C)(C)C.CC(C)(C)CCCCCC(NC(=O)OC(C)(C)C)C(=O)C(C)(C)C.CC(C)NCCSSC(C)(C)C(=O)C(C)(C)C. The standard InChI is InChI=1S/C38H61N5O9.C20H39NO3.C17H34O.C16H31NO2.C13H27NOS2/c1-36(2,3)24-28(44)25-49-21-22-50-33(42-43-39)26-51-29-16-13-15-27(23-29)31(45)18-14-20-40-34(47)30(41-35(48)52-38(7,8)9)17-11-10-12-19-32(46)37(4,5)6;1-18(2,3)14-12-10-11-13-15(16(22)19(4,5)6)21-17(23)24-20(7,8)9;1-15(2,3)12-10-9-11-13-17(7,8)14(18)16(4,5)6;1-12(2)15(19)14(17-13(3)18)10-8-7-9-11-16(4,5)6;1-10(2)14-8-9-16-17-13(6,7)11(15)12(3,4)5/h13,15-16,23,30,33H,10-12,14,17-22,24-26H2,1-9H3,(H,40,47)(H,41,48);15H,10-14H2,1-9H3,(H,21,23);9-13H2,1-8H3;12,14H,7-11H2,1-6H3,(H,17,18);10,14H,8-9H2,1-7H3. The Morgan fingerprint density at radius 1 is 0.485 bits per heavy atom. The summed E-state index contributed by atoms with van der Waals surface area (Å²) in [5.74, 6) is 1.83. The summed E-state index contributed by atoms with van der Waals surface area (Å²) < 4.78 is 27.0. The summed E-state index contributed by atoms with van der Waals surface area (Å²) in [5.41, 5.74) is 7.57. The fourth-order valence-corrected chi connectivity index (χ4v) is 16.0. The molecule has 130 heavy (non-hydrogen) atoms. The Morgan fingerprint density at radius 3 is 1.38 bits per heavy atom. The Kier molecular flexibility index (Phi) is 62.8. The van der Waals surface area contributed by atoms with Gasteiger partial charge in [0, 0.05) is 94.5 Å². The van der Waals surface area contributed by atoms with E-state index in [1.807, 2.05) is 152 Å². The van der Waals surface area contributed by atoms with E-state index in [2.05, 4.69) is 127 Å². The molecule has 26 heteroatoms. The smallest absolute Gasteiger partial charge is 0.408 e. The molecule has 1 aromatic carbocycles. The molecule has 4 amide bonds. The molecule has 0 spiro atoms. The molecule has 0 fully saturated rings. The Labute approximate surface area is 799 Å². The number of ketones is 7. The van der Waals surface area contributed by atoms with Crippen LogP contribution in [0.2, 0.25) is 0 Å². The number of carbonyl (C=O) groups excluding carboxylic acids is 11. The van der Waals surface area contributed by atoms with Crippen LogP contribution >= 0.6 is 21.6 Å². The van der Waals surface area contributed by atoms with Crippen molar-refractivity contribution in [1.29, 1.82) is 0 Å². The first-order valence-electron chi connectivity index (χ1n) is 48.2. The van der Waals surface area contributed by atoms with Gasteiger partial charge in [-0.05, 0) is 153 Å². The molecule has 0 aromatic heterocycles. The predicted octanol–water partition coefficient (Wildman–Crippen LogP) is 25.9. The maximum Gasteiger partial charge on any atom is 0.408 e. The number of carbonyl (C=O) groups is 11. The molecule has 0 aliphatic carbocycles. The van der Waals surface area contributed by atoms with E-state index in [4.69, 9.17) is 29.2 Å². The van der Waals surface area contributed by atoms with Crippen molar-refractivity contribution < 1.29 is 76.4 Å². The summed E-state index contributed by atoms with van der Waals surface area (Å²) in [7, 11) is 3.47. The number of ether oxygens (including phenoxy) is 5. The van der Waals surface area contributed by atoms with E-state index in [9.17, 15) is 52.7 Å². The van der Waals surface area contributed by atoms with Crippen molar-refractivity contribution in [3.8, 4) is 5.75 Å². The lowest BCUT2D eigenvalue weighted by Crippen LogP contribution is -2.48. The van der Waals surface area contributed by atoms with Gasteiger partial charge in [-0.2, -0.15) is 0 Å². The number of benzene rings is 1. The van der Waals surface area contributed by atoms with Crippen molar-refractivity contribution in [3.63, 3.8) is 0 Å². The molecule has 0 aliphatic heterocycles. The number of nitrogens with one attached hydrogen (secondary N) is 5. The first kappa shape index (κ1) is 130. The molecule has 1 aromatic rings. The average Bonchev–Trinajstić information content (AvgIpc) is 0.832. The largest absolute Gasteiger partial charge is 0.491 e. The molecule has 0 radical (unpaired) electrons. The van der Waals surface area contributed by atoms with Crippen LogP contribution in [-0.2, 0) is 57.3 Å². The van der Waals surface area contributed by atoms with Gasteiger partial charge in [0.15, 0.2) is 35.1 Å². The molecule has 0 aliphatic rings. The number of unbranched alkanes of at least 4 members (excludes halogenated alkanes) is 8. The van der Waals surface area contributed by atoms with Crippen LogP contribution in [0.5, 0.6) is 5.75 Å². The fourth-order valence-electron chi connectivity index (χ4n) is 13.4. The first-order chi connectivity index (χ1) is 58.9. The maximum atomic E-state index is 13.1. The summed E-state index contributed by atoms with van der Waals surface area (Å²) in [6.07, 6.45) is 17.9. The summed E-state index contributed by atoms with van der Waals surface area (Å²) >= 11 is 0. The number of nitrogens with zero attached hydrogens (tertiary/aromatic N) is 3. The van der Waals surface area contributed by atoms with Crippen LogP contribution in [0.3, 0.4) is 0 Å². The van der Waals surface area contributed by atoms with Gasteiger partial charge < -0.3 is 50.3 Å². The minimum absolute atomic E-state index is 0.00718. The summed E-state index contributed by atoms with van der Waals surface area (Å²) in [4.78, 5) is 138. The molecule has 0 saturated heterocycles. The fraction of sp³-hybridized carbons (Fsp3) is 0.837. The zero-order valence-electron chi connectivity index (χ0n) is 89.7. The monoisotopic (exact) mass is 1870 g/mol. The van der Waals surface area contributed by atoms with Crippen LogP contribution in [0, 0.1) is 54.7 Å². The van der Waals surface area contributed by atoms with Crippen LogP contribution in [0.4, 0.5) is 9.59 Å². The third kappa shape index (κ3) is 74.4. The van der Waals surface area contributed by atoms with E-state index in [0.29, 0.717) is 90.1 Å². The zero-order chi connectivity index (χ0) is 102. The van der Waals surface area contributed by atoms with E-state index in [1.165, 1.54) is 51.9 Å². The minimum atomic E-state index is -0.951. The highest BCUT2D eigenvalue weighted by Crippen LogP contribution is 2.41. The van der Waals surface area contributed by atoms with Gasteiger partial charge in [-0.1, -0.05) is 317 Å². The average molecular weight is 1870 g/mol. The molecule has 0 bridgehead atoms. The molecule has 0 heterocycles. The van der Waals surface area contributed by atoms with Crippen molar-refractivity contribution >= 4 is 86.1 Å². The first-order valence-corrected chi connectivity index (χ1v) is 50.5. The van der Waals surface area contributed by atoms with Crippen LogP contribution in [0.1, 0.15) is 428 Å². The highest BCUT2D eigenvalue weighted by atomic mass is 33.1. The highest BCUT2D eigenvalue weighted by Gasteiger charge is 2.39. The van der Waals surface area contributed by atoms with Crippen molar-refractivity contribution in [3.05, 3.63) is 40.3 Å². The molecule has 4 unspecified atom stereocenters. The van der Waals surface area contributed by atoms with Gasteiger partial charge in [-0.15, -0.1) is 0 Å². The van der Waals surface area contributed by atoms with Crippen LogP contribution < -0.4 is 31.3 Å². The number of Topliss-reactive ketones (excluding diaryl/α,β-unsaturated/α-hetero) is 7. The molecule has 756 valence electrons. The van der Waals surface area contributed by atoms with Gasteiger partial charge in [0.25, 0.3) is 0 Å². The van der Waals surface area contributed by atoms with Crippen molar-refractivity contribution in [1.82, 2.24) is 26.6 Å². The third-order valence-electron chi connectivity index (χ3n) is 20.0. The molecule has 0 saturated carbocycles. The normalized spacial score (nSPS) is 13.4. The van der Waals surface area contributed by atoms with Gasteiger partial charge in [0.1, 0.15) is 47.8 Å². The summed E-state index contributed by atoms with van der Waals surface area (Å²) in [5, 5.41) is 18.0. The second kappa shape index (κ2) is 62.7. The van der Waals surface area contributed by atoms with Gasteiger partial charge in [0.05, 0.1) is 30.0 Å². The Hall–Kier alpha value is -5.92. The lowest BCUT2D eigenvalue weighted by molar-refractivity contribution is -0.135. The van der Waals surface area contributed by atoms with Crippen LogP contribution in [0.15, 0.2) is 29.4 Å².